The van der Waals surface area contributed by atoms with Gasteiger partial charge < -0.3 is 10.4 Å². The van der Waals surface area contributed by atoms with Gasteiger partial charge in [0.1, 0.15) is 0 Å². The van der Waals surface area contributed by atoms with E-state index >= 15 is 0 Å². The number of benzene rings is 1. The van der Waals surface area contributed by atoms with Crippen LogP contribution in [0.4, 0.5) is 0 Å². The Morgan fingerprint density at radius 1 is 1.31 bits per heavy atom. The Hall–Kier alpha value is -0.910. The molecular formula is C11H17NO3S. The normalized spacial score (nSPS) is 13.6. The SMILES string of the molecule is CCNCC(O)CS(=O)(=O)c1ccccc1. The van der Waals surface area contributed by atoms with Crippen molar-refractivity contribution in [1.82, 2.24) is 5.32 Å². The summed E-state index contributed by atoms with van der Waals surface area (Å²) >= 11 is 0. The number of sulfone groups is 1. The van der Waals surface area contributed by atoms with Crippen LogP contribution in [-0.4, -0.2) is 38.5 Å². The molecule has 0 radical (unpaired) electrons. The van der Waals surface area contributed by atoms with Crippen molar-refractivity contribution in [3.05, 3.63) is 30.3 Å². The van der Waals surface area contributed by atoms with Crippen LogP contribution in [0.2, 0.25) is 0 Å². The molecule has 1 rings (SSSR count). The van der Waals surface area contributed by atoms with Crippen LogP contribution >= 0.6 is 0 Å². The maximum absolute atomic E-state index is 11.8. The topological polar surface area (TPSA) is 66.4 Å². The van der Waals surface area contributed by atoms with E-state index in [-0.39, 0.29) is 10.6 Å². The number of likely N-dealkylation sites (N-methyl/N-ethyl adjacent to an activating group) is 1. The zero-order valence-electron chi connectivity index (χ0n) is 9.26. The average molecular weight is 243 g/mol. The van der Waals surface area contributed by atoms with Gasteiger partial charge in [-0.3, -0.25) is 0 Å². The summed E-state index contributed by atoms with van der Waals surface area (Å²) in [7, 11) is -3.38. The molecule has 0 aliphatic heterocycles. The van der Waals surface area contributed by atoms with Crippen LogP contribution < -0.4 is 5.32 Å². The second-order valence-electron chi connectivity index (χ2n) is 3.56. The third-order valence-electron chi connectivity index (χ3n) is 2.14. The molecule has 90 valence electrons. The van der Waals surface area contributed by atoms with Crippen LogP contribution in [0.5, 0.6) is 0 Å². The van der Waals surface area contributed by atoms with Crippen LogP contribution in [0.1, 0.15) is 6.92 Å². The van der Waals surface area contributed by atoms with E-state index in [2.05, 4.69) is 5.32 Å². The van der Waals surface area contributed by atoms with Crippen molar-refractivity contribution >= 4 is 9.84 Å². The van der Waals surface area contributed by atoms with Crippen molar-refractivity contribution in [1.29, 1.82) is 0 Å². The summed E-state index contributed by atoms with van der Waals surface area (Å²) in [4.78, 5) is 0.255. The number of aliphatic hydroxyl groups excluding tert-OH is 1. The van der Waals surface area contributed by atoms with Gasteiger partial charge in [-0.15, -0.1) is 0 Å². The minimum absolute atomic E-state index is 0.246. The maximum Gasteiger partial charge on any atom is 0.180 e. The lowest BCUT2D eigenvalue weighted by molar-refractivity contribution is 0.194. The van der Waals surface area contributed by atoms with E-state index in [1.807, 2.05) is 6.92 Å². The first-order valence-electron chi connectivity index (χ1n) is 5.23. The second-order valence-corrected chi connectivity index (χ2v) is 5.59. The van der Waals surface area contributed by atoms with Crippen molar-refractivity contribution in [2.75, 3.05) is 18.8 Å². The van der Waals surface area contributed by atoms with Gasteiger partial charge in [-0.25, -0.2) is 8.42 Å². The third kappa shape index (κ3) is 3.92. The van der Waals surface area contributed by atoms with Crippen LogP contribution in [0.25, 0.3) is 0 Å². The summed E-state index contributed by atoms with van der Waals surface area (Å²) in [6.45, 7) is 2.91. The van der Waals surface area contributed by atoms with Crippen LogP contribution in [-0.2, 0) is 9.84 Å². The highest BCUT2D eigenvalue weighted by Crippen LogP contribution is 2.10. The molecule has 0 saturated heterocycles. The molecule has 0 fully saturated rings. The predicted molar refractivity (Wildman–Crippen MR) is 63.0 cm³/mol. The van der Waals surface area contributed by atoms with E-state index in [1.54, 1.807) is 18.2 Å². The van der Waals surface area contributed by atoms with Gasteiger partial charge in [0.2, 0.25) is 0 Å². The first-order chi connectivity index (χ1) is 7.56. The first kappa shape index (κ1) is 13.2. The van der Waals surface area contributed by atoms with Crippen LogP contribution in [0, 0.1) is 0 Å². The molecule has 16 heavy (non-hydrogen) atoms. The first-order valence-corrected chi connectivity index (χ1v) is 6.88. The van der Waals surface area contributed by atoms with E-state index in [4.69, 9.17) is 0 Å². The van der Waals surface area contributed by atoms with Crippen molar-refractivity contribution in [2.45, 2.75) is 17.9 Å². The van der Waals surface area contributed by atoms with Crippen LogP contribution in [0.15, 0.2) is 35.2 Å². The second kappa shape index (κ2) is 5.98. The molecule has 4 nitrogen and oxygen atoms in total. The van der Waals surface area contributed by atoms with E-state index in [1.165, 1.54) is 12.1 Å². The Balaban J connectivity index is 2.66. The molecule has 0 aromatic heterocycles. The van der Waals surface area contributed by atoms with Gasteiger partial charge >= 0.3 is 0 Å². The van der Waals surface area contributed by atoms with E-state index < -0.39 is 15.9 Å². The number of nitrogens with one attached hydrogen (secondary N) is 1. The molecule has 0 bridgehead atoms. The molecule has 0 aliphatic carbocycles. The summed E-state index contributed by atoms with van der Waals surface area (Å²) in [5, 5.41) is 12.4. The Labute approximate surface area is 96.2 Å². The molecule has 1 atom stereocenters. The summed E-state index contributed by atoms with van der Waals surface area (Å²) < 4.78 is 23.6. The van der Waals surface area contributed by atoms with Gasteiger partial charge in [0.05, 0.1) is 16.8 Å². The molecular weight excluding hydrogens is 226 g/mol. The minimum atomic E-state index is -3.38. The smallest absolute Gasteiger partial charge is 0.180 e. The van der Waals surface area contributed by atoms with E-state index in [9.17, 15) is 13.5 Å². The lowest BCUT2D eigenvalue weighted by Gasteiger charge is -2.11. The average Bonchev–Trinajstić information content (AvgIpc) is 2.27. The quantitative estimate of drug-likeness (QED) is 0.760. The zero-order valence-corrected chi connectivity index (χ0v) is 10.1. The predicted octanol–water partition coefficient (Wildman–Crippen LogP) is 0.431. The summed E-state index contributed by atoms with van der Waals surface area (Å²) in [6, 6.07) is 8.17. The molecule has 1 aromatic carbocycles. The Bertz CT molecular complexity index is 402. The Kier molecular flexibility index (Phi) is 4.92. The van der Waals surface area contributed by atoms with E-state index in [0.717, 1.165) is 0 Å². The molecule has 1 unspecified atom stereocenters. The fourth-order valence-corrected chi connectivity index (χ4v) is 2.74. The summed E-state index contributed by atoms with van der Waals surface area (Å²) in [5.41, 5.74) is 0. The molecule has 0 amide bonds. The van der Waals surface area contributed by atoms with Crippen LogP contribution in [0.3, 0.4) is 0 Å². The van der Waals surface area contributed by atoms with Gasteiger partial charge in [-0.1, -0.05) is 25.1 Å². The monoisotopic (exact) mass is 243 g/mol. The lowest BCUT2D eigenvalue weighted by atomic mass is 10.4. The molecule has 1 aromatic rings. The highest BCUT2D eigenvalue weighted by Gasteiger charge is 2.18. The van der Waals surface area contributed by atoms with Gasteiger partial charge in [-0.05, 0) is 18.7 Å². The van der Waals surface area contributed by atoms with E-state index in [0.29, 0.717) is 13.1 Å². The molecule has 0 aliphatic rings. The Morgan fingerprint density at radius 3 is 2.50 bits per heavy atom. The number of hydrogen-bond donors (Lipinski definition) is 2. The minimum Gasteiger partial charge on any atom is -0.391 e. The standard InChI is InChI=1S/C11H17NO3S/c1-2-12-8-10(13)9-16(14,15)11-6-4-3-5-7-11/h3-7,10,12-13H,2,8-9H2,1H3. The molecule has 0 spiro atoms. The summed E-state index contributed by atoms with van der Waals surface area (Å²) in [6.07, 6.45) is -0.870. The van der Waals surface area contributed by atoms with Gasteiger partial charge in [0, 0.05) is 6.54 Å². The highest BCUT2D eigenvalue weighted by molar-refractivity contribution is 7.91. The molecule has 0 heterocycles. The fourth-order valence-electron chi connectivity index (χ4n) is 1.35. The third-order valence-corrected chi connectivity index (χ3v) is 3.96. The number of aliphatic hydroxyl groups is 1. The largest absolute Gasteiger partial charge is 0.391 e. The maximum atomic E-state index is 11.8. The Morgan fingerprint density at radius 2 is 1.94 bits per heavy atom. The van der Waals surface area contributed by atoms with Crippen molar-refractivity contribution < 1.29 is 13.5 Å². The summed E-state index contributed by atoms with van der Waals surface area (Å²) in [5.74, 6) is -0.246. The van der Waals surface area contributed by atoms with Gasteiger partial charge in [0.25, 0.3) is 0 Å². The number of rotatable bonds is 6. The molecule has 5 heteroatoms. The van der Waals surface area contributed by atoms with Crippen molar-refractivity contribution in [3.8, 4) is 0 Å². The molecule has 2 N–H and O–H groups in total. The zero-order chi connectivity index (χ0) is 12.0. The van der Waals surface area contributed by atoms with Gasteiger partial charge in [-0.2, -0.15) is 0 Å². The fraction of sp³-hybridized carbons (Fsp3) is 0.455. The van der Waals surface area contributed by atoms with Crippen molar-refractivity contribution in [2.24, 2.45) is 0 Å². The molecule has 0 saturated carbocycles. The highest BCUT2D eigenvalue weighted by atomic mass is 32.2. The number of hydrogen-bond acceptors (Lipinski definition) is 4. The lowest BCUT2D eigenvalue weighted by Crippen LogP contribution is -2.32. The van der Waals surface area contributed by atoms with Gasteiger partial charge in [0.15, 0.2) is 9.84 Å². The van der Waals surface area contributed by atoms with Crippen molar-refractivity contribution in [3.63, 3.8) is 0 Å².